The van der Waals surface area contributed by atoms with E-state index in [1.54, 1.807) is 31.4 Å². The average molecular weight is 329 g/mol. The first-order chi connectivity index (χ1) is 11.5. The van der Waals surface area contributed by atoms with Crippen molar-refractivity contribution in [1.29, 1.82) is 0 Å². The molecule has 0 atom stereocenters. The van der Waals surface area contributed by atoms with Crippen LogP contribution in [0.5, 0.6) is 17.2 Å². The highest BCUT2D eigenvalue weighted by atomic mass is 16.6. The highest BCUT2D eigenvalue weighted by molar-refractivity contribution is 5.80. The van der Waals surface area contributed by atoms with E-state index in [9.17, 15) is 10.1 Å². The van der Waals surface area contributed by atoms with Gasteiger partial charge >= 0.3 is 5.69 Å². The van der Waals surface area contributed by atoms with E-state index in [-0.39, 0.29) is 11.4 Å². The molecule has 2 rings (SSSR count). The molecule has 0 saturated heterocycles. The van der Waals surface area contributed by atoms with Gasteiger partial charge in [0.25, 0.3) is 0 Å². The minimum absolute atomic E-state index is 0.102. The molecule has 0 unspecified atom stereocenters. The van der Waals surface area contributed by atoms with Gasteiger partial charge in [0.1, 0.15) is 0 Å². The Morgan fingerprint density at radius 1 is 1.04 bits per heavy atom. The Morgan fingerprint density at radius 2 is 1.62 bits per heavy atom. The Kier molecular flexibility index (Phi) is 5.42. The van der Waals surface area contributed by atoms with Gasteiger partial charge < -0.3 is 14.2 Å². The minimum atomic E-state index is -0.477. The normalized spacial score (nSPS) is 10.1. The van der Waals surface area contributed by atoms with Crippen LogP contribution in [0.1, 0.15) is 18.1 Å². The third kappa shape index (κ3) is 3.48. The Bertz CT molecular complexity index is 770. The maximum Gasteiger partial charge on any atom is 0.311 e. The van der Waals surface area contributed by atoms with E-state index < -0.39 is 4.92 Å². The minimum Gasteiger partial charge on any atom is -0.493 e. The standard InChI is InChI=1S/C18H19NO5/c1-5-24-18-11-14(7-9-17(18)23-4)12(2)13-6-8-16(22-3)15(10-13)19(20)21/h6-11H,2,5H2,1,3-4H3. The molecule has 24 heavy (non-hydrogen) atoms. The quantitative estimate of drug-likeness (QED) is 0.565. The molecule has 126 valence electrons. The van der Waals surface area contributed by atoms with E-state index in [0.29, 0.717) is 29.2 Å². The number of rotatable bonds is 7. The van der Waals surface area contributed by atoms with Crippen molar-refractivity contribution in [3.8, 4) is 17.2 Å². The molecule has 0 N–H and O–H groups in total. The van der Waals surface area contributed by atoms with Gasteiger partial charge in [-0.3, -0.25) is 10.1 Å². The number of hydrogen-bond acceptors (Lipinski definition) is 5. The first kappa shape index (κ1) is 17.3. The van der Waals surface area contributed by atoms with Crippen LogP contribution in [0.15, 0.2) is 43.0 Å². The molecule has 2 aromatic rings. The van der Waals surface area contributed by atoms with Crippen LogP contribution in [0.25, 0.3) is 5.57 Å². The van der Waals surface area contributed by atoms with Gasteiger partial charge in [0, 0.05) is 6.07 Å². The zero-order valence-electron chi connectivity index (χ0n) is 13.9. The van der Waals surface area contributed by atoms with Crippen molar-refractivity contribution in [3.63, 3.8) is 0 Å². The summed E-state index contributed by atoms with van der Waals surface area (Å²) < 4.78 is 15.8. The number of methoxy groups -OCH3 is 2. The van der Waals surface area contributed by atoms with E-state index in [1.807, 2.05) is 13.0 Å². The van der Waals surface area contributed by atoms with Gasteiger partial charge in [-0.15, -0.1) is 0 Å². The Labute approximate surface area is 140 Å². The number of benzene rings is 2. The highest BCUT2D eigenvalue weighted by Crippen LogP contribution is 2.35. The number of hydrogen-bond donors (Lipinski definition) is 0. The van der Waals surface area contributed by atoms with E-state index in [0.717, 1.165) is 5.56 Å². The number of nitro groups is 1. The molecule has 0 radical (unpaired) electrons. The third-order valence-corrected chi connectivity index (χ3v) is 3.54. The summed E-state index contributed by atoms with van der Waals surface area (Å²) in [4.78, 5) is 10.7. The van der Waals surface area contributed by atoms with Crippen molar-refractivity contribution >= 4 is 11.3 Å². The molecule has 0 aliphatic heterocycles. The molecule has 2 aromatic carbocycles. The van der Waals surface area contributed by atoms with E-state index in [4.69, 9.17) is 14.2 Å². The summed E-state index contributed by atoms with van der Waals surface area (Å²) in [6.45, 7) is 6.43. The summed E-state index contributed by atoms with van der Waals surface area (Å²) >= 11 is 0. The van der Waals surface area contributed by atoms with Gasteiger partial charge in [-0.25, -0.2) is 0 Å². The summed E-state index contributed by atoms with van der Waals surface area (Å²) in [6, 6.07) is 10.2. The summed E-state index contributed by atoms with van der Waals surface area (Å²) in [5.41, 5.74) is 1.97. The summed E-state index contributed by atoms with van der Waals surface area (Å²) in [5, 5.41) is 11.2. The molecule has 0 aliphatic carbocycles. The van der Waals surface area contributed by atoms with Gasteiger partial charge in [0.15, 0.2) is 17.2 Å². The topological polar surface area (TPSA) is 70.8 Å². The molecule has 0 bridgehead atoms. The molecule has 6 heteroatoms. The van der Waals surface area contributed by atoms with Crippen molar-refractivity contribution in [2.24, 2.45) is 0 Å². The van der Waals surface area contributed by atoms with Gasteiger partial charge in [0.2, 0.25) is 0 Å². The smallest absolute Gasteiger partial charge is 0.311 e. The SMILES string of the molecule is C=C(c1ccc(OC)c(OCC)c1)c1ccc(OC)c([N+](=O)[O-])c1. The largest absolute Gasteiger partial charge is 0.493 e. The molecule has 0 saturated carbocycles. The Balaban J connectivity index is 2.43. The predicted octanol–water partition coefficient (Wildman–Crippen LogP) is 4.07. The van der Waals surface area contributed by atoms with Crippen LogP contribution in [0.4, 0.5) is 5.69 Å². The molecule has 0 aliphatic rings. The van der Waals surface area contributed by atoms with Crippen molar-refractivity contribution in [1.82, 2.24) is 0 Å². The van der Waals surface area contributed by atoms with E-state index >= 15 is 0 Å². The fourth-order valence-corrected chi connectivity index (χ4v) is 2.32. The lowest BCUT2D eigenvalue weighted by Gasteiger charge is -2.13. The molecule has 6 nitrogen and oxygen atoms in total. The number of nitro benzene ring substituents is 1. The van der Waals surface area contributed by atoms with Gasteiger partial charge in [0.05, 0.1) is 25.7 Å². The van der Waals surface area contributed by atoms with Crippen molar-refractivity contribution in [2.75, 3.05) is 20.8 Å². The highest BCUT2D eigenvalue weighted by Gasteiger charge is 2.17. The maximum absolute atomic E-state index is 11.2. The van der Waals surface area contributed by atoms with Crippen LogP contribution in [0, 0.1) is 10.1 Å². The van der Waals surface area contributed by atoms with Crippen LogP contribution in [-0.2, 0) is 0 Å². The lowest BCUT2D eigenvalue weighted by molar-refractivity contribution is -0.385. The van der Waals surface area contributed by atoms with E-state index in [2.05, 4.69) is 6.58 Å². The number of ether oxygens (including phenoxy) is 3. The molecule has 0 amide bonds. The van der Waals surface area contributed by atoms with Crippen molar-refractivity contribution in [3.05, 3.63) is 64.2 Å². The predicted molar refractivity (Wildman–Crippen MR) is 91.9 cm³/mol. The molecule has 0 fully saturated rings. The van der Waals surface area contributed by atoms with Crippen molar-refractivity contribution in [2.45, 2.75) is 6.92 Å². The molecular formula is C18H19NO5. The van der Waals surface area contributed by atoms with Crippen LogP contribution >= 0.6 is 0 Å². The lowest BCUT2D eigenvalue weighted by Crippen LogP contribution is -1.98. The van der Waals surface area contributed by atoms with Gasteiger partial charge in [-0.2, -0.15) is 0 Å². The van der Waals surface area contributed by atoms with Crippen molar-refractivity contribution < 1.29 is 19.1 Å². The Hall–Kier alpha value is -3.02. The fraction of sp³-hybridized carbons (Fsp3) is 0.222. The summed E-state index contributed by atoms with van der Waals surface area (Å²) in [5.74, 6) is 1.43. The molecular weight excluding hydrogens is 310 g/mol. The van der Waals surface area contributed by atoms with E-state index in [1.165, 1.54) is 13.2 Å². The average Bonchev–Trinajstić information content (AvgIpc) is 2.60. The first-order valence-corrected chi connectivity index (χ1v) is 7.34. The lowest BCUT2D eigenvalue weighted by atomic mass is 9.98. The second-order valence-electron chi connectivity index (χ2n) is 4.92. The fourth-order valence-electron chi connectivity index (χ4n) is 2.32. The maximum atomic E-state index is 11.2. The Morgan fingerprint density at radius 3 is 2.17 bits per heavy atom. The van der Waals surface area contributed by atoms with Crippen LogP contribution in [-0.4, -0.2) is 25.7 Å². The molecule has 0 aromatic heterocycles. The monoisotopic (exact) mass is 329 g/mol. The third-order valence-electron chi connectivity index (χ3n) is 3.54. The first-order valence-electron chi connectivity index (χ1n) is 7.34. The van der Waals surface area contributed by atoms with Crippen LogP contribution in [0.2, 0.25) is 0 Å². The molecule has 0 spiro atoms. The van der Waals surface area contributed by atoms with Gasteiger partial charge in [-0.1, -0.05) is 18.7 Å². The zero-order chi connectivity index (χ0) is 17.7. The second kappa shape index (κ2) is 7.50. The number of nitrogens with zero attached hydrogens (tertiary/aromatic N) is 1. The van der Waals surface area contributed by atoms with Crippen LogP contribution < -0.4 is 14.2 Å². The van der Waals surface area contributed by atoms with Gasteiger partial charge in [-0.05, 0) is 41.8 Å². The molecule has 0 heterocycles. The second-order valence-corrected chi connectivity index (χ2v) is 4.92. The van der Waals surface area contributed by atoms with Crippen LogP contribution in [0.3, 0.4) is 0 Å². The zero-order valence-corrected chi connectivity index (χ0v) is 13.9. The summed E-state index contributed by atoms with van der Waals surface area (Å²) in [6.07, 6.45) is 0. The summed E-state index contributed by atoms with van der Waals surface area (Å²) in [7, 11) is 2.97.